The van der Waals surface area contributed by atoms with Crippen molar-refractivity contribution < 1.29 is 31.8 Å². The summed E-state index contributed by atoms with van der Waals surface area (Å²) in [6.45, 7) is -0.143. The summed E-state index contributed by atoms with van der Waals surface area (Å²) in [5.74, 6) is -0.933. The van der Waals surface area contributed by atoms with Crippen LogP contribution in [0.15, 0.2) is 32.5 Å². The van der Waals surface area contributed by atoms with Gasteiger partial charge in [-0.2, -0.15) is 4.31 Å². The minimum absolute atomic E-state index is 0.120. The van der Waals surface area contributed by atoms with Crippen LogP contribution in [0.1, 0.15) is 23.4 Å². The maximum Gasteiger partial charge on any atom is 0.238 e. The minimum Gasteiger partial charge on any atom is -0.411 e. The molecule has 0 aliphatic carbocycles. The molecule has 0 unspecified atom stereocenters. The molecule has 0 bridgehead atoms. The van der Waals surface area contributed by atoms with E-state index in [1.807, 2.05) is 0 Å². The third kappa shape index (κ3) is 5.59. The second-order valence-corrected chi connectivity index (χ2v) is 9.46. The van der Waals surface area contributed by atoms with E-state index in [2.05, 4.69) is 31.4 Å². The number of halogens is 3. The summed E-state index contributed by atoms with van der Waals surface area (Å²) in [7, 11) is -3.62. The van der Waals surface area contributed by atoms with Crippen LogP contribution in [0.5, 0.6) is 0 Å². The van der Waals surface area contributed by atoms with E-state index < -0.39 is 28.0 Å². The first-order chi connectivity index (χ1) is 14.3. The van der Waals surface area contributed by atoms with Crippen molar-refractivity contribution >= 4 is 31.7 Å². The molecule has 30 heavy (non-hydrogen) atoms. The predicted octanol–water partition coefficient (Wildman–Crippen LogP) is 2.28. The van der Waals surface area contributed by atoms with Crippen molar-refractivity contribution in [2.45, 2.75) is 25.4 Å². The Morgan fingerprint density at radius 3 is 2.83 bits per heavy atom. The van der Waals surface area contributed by atoms with Gasteiger partial charge in [-0.05, 0) is 51.6 Å². The summed E-state index contributed by atoms with van der Waals surface area (Å²) >= 11 is 3.10. The molecule has 0 spiro atoms. The average Bonchev–Trinajstić information content (AvgIpc) is 3.14. The molecule has 9 nitrogen and oxygen atoms in total. The van der Waals surface area contributed by atoms with Crippen molar-refractivity contribution in [2.24, 2.45) is 5.16 Å². The number of sulfonamides is 1. The van der Waals surface area contributed by atoms with Gasteiger partial charge in [-0.15, -0.1) is 0 Å². The molecule has 1 N–H and O–H groups in total. The van der Waals surface area contributed by atoms with Gasteiger partial charge in [0.15, 0.2) is 11.6 Å². The highest BCUT2D eigenvalue weighted by Crippen LogP contribution is 2.19. The molecule has 1 aromatic heterocycles. The second kappa shape index (κ2) is 9.90. The summed E-state index contributed by atoms with van der Waals surface area (Å²) in [6, 6.07) is 4.40. The van der Waals surface area contributed by atoms with Crippen molar-refractivity contribution in [3.63, 3.8) is 0 Å². The number of aryl methyl sites for hydroxylation is 1. The molecule has 3 rings (SSSR count). The highest BCUT2D eigenvalue weighted by Gasteiger charge is 2.35. The maximum absolute atomic E-state index is 13.4. The van der Waals surface area contributed by atoms with Crippen LogP contribution in [-0.4, -0.2) is 65.8 Å². The molecule has 0 amide bonds. The maximum atomic E-state index is 13.4. The normalized spacial score (nSPS) is 16.0. The Kier molecular flexibility index (Phi) is 7.50. The number of benzene rings is 1. The number of hydrogen-bond donors (Lipinski definition) is 1. The third-order valence-electron chi connectivity index (χ3n) is 4.44. The fraction of sp³-hybridized carbons (Fsp3) is 0.471. The molecule has 2 heterocycles. The van der Waals surface area contributed by atoms with Crippen molar-refractivity contribution in [3.05, 3.63) is 45.4 Å². The Morgan fingerprint density at radius 1 is 1.40 bits per heavy atom. The summed E-state index contributed by atoms with van der Waals surface area (Å²) in [5.41, 5.74) is 1.53. The molecule has 164 valence electrons. The second-order valence-electron chi connectivity index (χ2n) is 6.69. The standard InChI is InChI=1S/C17H19BrF2N4O5S/c18-13-6-11(3-4-14(13)20)7-16(21-25)17-15(22-29-23-17)2-1-5-28-10-30(26,27)24-8-12(19)9-24/h3-4,6,12,25H,1-2,5,7-10H2/b21-16+. The van der Waals surface area contributed by atoms with Crippen molar-refractivity contribution in [2.75, 3.05) is 25.6 Å². The van der Waals surface area contributed by atoms with Crippen LogP contribution >= 0.6 is 15.9 Å². The summed E-state index contributed by atoms with van der Waals surface area (Å²) in [5, 5.41) is 20.2. The van der Waals surface area contributed by atoms with Gasteiger partial charge in [-0.25, -0.2) is 21.8 Å². The fourth-order valence-electron chi connectivity index (χ4n) is 2.80. The smallest absolute Gasteiger partial charge is 0.238 e. The molecule has 1 aromatic carbocycles. The SMILES string of the molecule is O=S(=O)(COCCCc1nonc1/C(Cc1ccc(F)c(Br)c1)=N/O)N1CC(F)C1. The molecular formula is C17H19BrF2N4O5S. The molecule has 13 heteroatoms. The number of nitrogens with zero attached hydrogens (tertiary/aromatic N) is 4. The van der Waals surface area contributed by atoms with E-state index in [1.54, 1.807) is 12.1 Å². The highest BCUT2D eigenvalue weighted by molar-refractivity contribution is 9.10. The lowest BCUT2D eigenvalue weighted by atomic mass is 10.0. The quantitative estimate of drug-likeness (QED) is 0.226. The lowest BCUT2D eigenvalue weighted by molar-refractivity contribution is 0.125. The van der Waals surface area contributed by atoms with Crippen LogP contribution in [0.3, 0.4) is 0 Å². The molecule has 1 aliphatic heterocycles. The number of rotatable bonds is 10. The Hall–Kier alpha value is -1.96. The average molecular weight is 509 g/mol. The van der Waals surface area contributed by atoms with E-state index in [0.29, 0.717) is 24.1 Å². The van der Waals surface area contributed by atoms with Crippen LogP contribution in [0.2, 0.25) is 0 Å². The number of aromatic nitrogens is 2. The summed E-state index contributed by atoms with van der Waals surface area (Å²) in [4.78, 5) is 0. The Labute approximate surface area is 179 Å². The number of ether oxygens (including phenoxy) is 1. The fourth-order valence-corrected chi connectivity index (χ4v) is 4.48. The van der Waals surface area contributed by atoms with Gasteiger partial charge in [-0.1, -0.05) is 16.4 Å². The summed E-state index contributed by atoms with van der Waals surface area (Å²) < 4.78 is 61.2. The van der Waals surface area contributed by atoms with Gasteiger partial charge in [0.05, 0.1) is 4.47 Å². The van der Waals surface area contributed by atoms with E-state index in [0.717, 1.165) is 4.31 Å². The Balaban J connectivity index is 1.51. The number of hydrogen-bond acceptors (Lipinski definition) is 8. The largest absolute Gasteiger partial charge is 0.411 e. The van der Waals surface area contributed by atoms with Crippen LogP contribution < -0.4 is 0 Å². The van der Waals surface area contributed by atoms with Gasteiger partial charge in [-0.3, -0.25) is 0 Å². The summed E-state index contributed by atoms with van der Waals surface area (Å²) in [6.07, 6.45) is -0.211. The molecular weight excluding hydrogens is 490 g/mol. The lowest BCUT2D eigenvalue weighted by Gasteiger charge is -2.32. The highest BCUT2D eigenvalue weighted by atomic mass is 79.9. The molecule has 1 saturated heterocycles. The zero-order valence-electron chi connectivity index (χ0n) is 15.7. The third-order valence-corrected chi connectivity index (χ3v) is 6.59. The Bertz CT molecular complexity index is 1010. The van der Waals surface area contributed by atoms with Crippen molar-refractivity contribution in [1.29, 1.82) is 0 Å². The van der Waals surface area contributed by atoms with Gasteiger partial charge in [0.25, 0.3) is 0 Å². The van der Waals surface area contributed by atoms with Gasteiger partial charge in [0.2, 0.25) is 10.0 Å². The molecule has 0 saturated carbocycles. The predicted molar refractivity (Wildman–Crippen MR) is 105 cm³/mol. The Morgan fingerprint density at radius 2 is 2.17 bits per heavy atom. The molecule has 0 radical (unpaired) electrons. The van der Waals surface area contributed by atoms with Gasteiger partial charge in [0.1, 0.15) is 23.4 Å². The first-order valence-electron chi connectivity index (χ1n) is 8.96. The van der Waals surface area contributed by atoms with Crippen LogP contribution in [0, 0.1) is 5.82 Å². The molecule has 0 atom stereocenters. The van der Waals surface area contributed by atoms with E-state index >= 15 is 0 Å². The van der Waals surface area contributed by atoms with Crippen LogP contribution in [0.25, 0.3) is 0 Å². The zero-order valence-corrected chi connectivity index (χ0v) is 18.1. The van der Waals surface area contributed by atoms with Gasteiger partial charge in [0, 0.05) is 26.1 Å². The van der Waals surface area contributed by atoms with Gasteiger partial charge >= 0.3 is 0 Å². The van der Waals surface area contributed by atoms with Crippen LogP contribution in [-0.2, 0) is 27.6 Å². The topological polar surface area (TPSA) is 118 Å². The lowest BCUT2D eigenvalue weighted by Crippen LogP contribution is -2.52. The van der Waals surface area contributed by atoms with Crippen molar-refractivity contribution in [1.82, 2.24) is 14.6 Å². The first-order valence-corrected chi connectivity index (χ1v) is 11.4. The zero-order chi connectivity index (χ0) is 21.7. The number of oxime groups is 1. The molecule has 1 fully saturated rings. The number of alkyl halides is 1. The van der Waals surface area contributed by atoms with E-state index in [1.165, 1.54) is 6.07 Å². The van der Waals surface area contributed by atoms with Crippen molar-refractivity contribution in [3.8, 4) is 0 Å². The van der Waals surface area contributed by atoms with E-state index in [9.17, 15) is 22.4 Å². The minimum atomic E-state index is -3.62. The first kappa shape index (κ1) is 22.7. The molecule has 1 aliphatic rings. The van der Waals surface area contributed by atoms with Gasteiger partial charge < -0.3 is 9.94 Å². The van der Waals surface area contributed by atoms with E-state index in [4.69, 9.17) is 9.37 Å². The monoisotopic (exact) mass is 508 g/mol. The van der Waals surface area contributed by atoms with E-state index in [-0.39, 0.29) is 42.0 Å². The van der Waals surface area contributed by atoms with Crippen LogP contribution in [0.4, 0.5) is 8.78 Å². The molecule has 2 aromatic rings.